The average Bonchev–Trinajstić information content (AvgIpc) is 2.89. The summed E-state index contributed by atoms with van der Waals surface area (Å²) in [5, 5.41) is 2.53. The molecule has 1 aliphatic rings. The van der Waals surface area contributed by atoms with Crippen LogP contribution in [-0.2, 0) is 4.79 Å². The zero-order valence-electron chi connectivity index (χ0n) is 10.5. The van der Waals surface area contributed by atoms with Gasteiger partial charge in [0.25, 0.3) is 5.91 Å². The van der Waals surface area contributed by atoms with Gasteiger partial charge in [-0.25, -0.2) is 4.39 Å². The van der Waals surface area contributed by atoms with E-state index in [1.807, 2.05) is 0 Å². The van der Waals surface area contributed by atoms with Crippen LogP contribution in [0.1, 0.15) is 23.2 Å². The largest absolute Gasteiger partial charge is 0.357 e. The van der Waals surface area contributed by atoms with Crippen molar-refractivity contribution in [2.75, 3.05) is 13.6 Å². The summed E-state index contributed by atoms with van der Waals surface area (Å²) in [7, 11) is 1.53. The molecule has 0 spiro atoms. The predicted molar refractivity (Wildman–Crippen MR) is 72.2 cm³/mol. The Hall–Kier alpha value is -1.43. The lowest BCUT2D eigenvalue weighted by Crippen LogP contribution is -2.45. The molecule has 1 heterocycles. The first-order valence-corrected chi connectivity index (χ1v) is 6.82. The minimum Gasteiger partial charge on any atom is -0.357 e. The topological polar surface area (TPSA) is 49.4 Å². The molecule has 0 bridgehead atoms. The minimum atomic E-state index is -0.588. The van der Waals surface area contributed by atoms with E-state index in [1.54, 1.807) is 6.07 Å². The number of likely N-dealkylation sites (N-methyl/N-ethyl adjacent to an activating group) is 1. The number of benzene rings is 1. The quantitative estimate of drug-likeness (QED) is 0.901. The van der Waals surface area contributed by atoms with Crippen molar-refractivity contribution in [3.63, 3.8) is 0 Å². The zero-order valence-corrected chi connectivity index (χ0v) is 12.0. The van der Waals surface area contributed by atoms with Gasteiger partial charge < -0.3 is 10.2 Å². The summed E-state index contributed by atoms with van der Waals surface area (Å²) in [6, 6.07) is 4.06. The van der Waals surface area contributed by atoms with E-state index < -0.39 is 17.8 Å². The van der Waals surface area contributed by atoms with Crippen LogP contribution in [0.2, 0.25) is 0 Å². The average molecular weight is 329 g/mol. The molecule has 1 fully saturated rings. The van der Waals surface area contributed by atoms with Gasteiger partial charge in [0, 0.05) is 13.6 Å². The monoisotopic (exact) mass is 328 g/mol. The summed E-state index contributed by atoms with van der Waals surface area (Å²) in [5.41, 5.74) is -0.00909. The summed E-state index contributed by atoms with van der Waals surface area (Å²) in [5.74, 6) is -1.23. The lowest BCUT2D eigenvalue weighted by molar-refractivity contribution is -0.124. The second kappa shape index (κ2) is 5.69. The molecule has 1 aromatic rings. The van der Waals surface area contributed by atoms with Crippen molar-refractivity contribution >= 4 is 27.7 Å². The van der Waals surface area contributed by atoms with Gasteiger partial charge in [0.1, 0.15) is 11.9 Å². The third kappa shape index (κ3) is 2.63. The van der Waals surface area contributed by atoms with E-state index in [1.165, 1.54) is 24.1 Å². The van der Waals surface area contributed by atoms with Crippen LogP contribution >= 0.6 is 15.9 Å². The summed E-state index contributed by atoms with van der Waals surface area (Å²) < 4.78 is 14.2. The second-order valence-electron chi connectivity index (χ2n) is 4.37. The Balaban J connectivity index is 2.28. The van der Waals surface area contributed by atoms with Crippen LogP contribution in [0.5, 0.6) is 0 Å². The Labute approximate surface area is 119 Å². The number of hydrogen-bond donors (Lipinski definition) is 1. The Morgan fingerprint density at radius 1 is 1.47 bits per heavy atom. The lowest BCUT2D eigenvalue weighted by atomic mass is 10.1. The van der Waals surface area contributed by atoms with Crippen molar-refractivity contribution in [3.8, 4) is 0 Å². The maximum absolute atomic E-state index is 13.9. The van der Waals surface area contributed by atoms with Gasteiger partial charge in [0.05, 0.1) is 10.0 Å². The van der Waals surface area contributed by atoms with E-state index in [4.69, 9.17) is 0 Å². The van der Waals surface area contributed by atoms with E-state index in [0.717, 1.165) is 6.42 Å². The highest BCUT2D eigenvalue weighted by Gasteiger charge is 2.35. The van der Waals surface area contributed by atoms with Gasteiger partial charge in [-0.2, -0.15) is 0 Å². The van der Waals surface area contributed by atoms with Crippen molar-refractivity contribution in [1.82, 2.24) is 10.2 Å². The molecule has 0 aromatic heterocycles. The van der Waals surface area contributed by atoms with Crippen molar-refractivity contribution < 1.29 is 14.0 Å². The molecule has 2 amide bonds. The van der Waals surface area contributed by atoms with Crippen LogP contribution in [0.15, 0.2) is 22.7 Å². The molecule has 2 rings (SSSR count). The summed E-state index contributed by atoms with van der Waals surface area (Å²) in [6.07, 6.45) is 1.36. The first kappa shape index (κ1) is 14.0. The molecule has 19 heavy (non-hydrogen) atoms. The van der Waals surface area contributed by atoms with E-state index >= 15 is 0 Å². The molecular formula is C13H14BrFN2O2. The maximum atomic E-state index is 13.9. The van der Waals surface area contributed by atoms with Gasteiger partial charge in [0.15, 0.2) is 0 Å². The molecule has 1 aromatic carbocycles. The predicted octanol–water partition coefficient (Wildman–Crippen LogP) is 1.94. The van der Waals surface area contributed by atoms with Gasteiger partial charge in [-0.05, 0) is 40.9 Å². The third-order valence-corrected chi connectivity index (χ3v) is 3.86. The van der Waals surface area contributed by atoms with E-state index in [2.05, 4.69) is 21.2 Å². The standard InChI is InChI=1S/C13H14BrFN2O2/c1-16-12(18)10-6-3-7-17(10)13(19)8-4-2-5-9(14)11(8)15/h2,4-5,10H,3,6-7H2,1H3,(H,16,18). The molecule has 1 atom stereocenters. The minimum absolute atomic E-state index is 0.00909. The Morgan fingerprint density at radius 2 is 2.21 bits per heavy atom. The van der Waals surface area contributed by atoms with Gasteiger partial charge >= 0.3 is 0 Å². The molecule has 1 N–H and O–H groups in total. The van der Waals surface area contributed by atoms with Crippen LogP contribution in [0.3, 0.4) is 0 Å². The number of nitrogens with zero attached hydrogens (tertiary/aromatic N) is 1. The fourth-order valence-electron chi connectivity index (χ4n) is 2.27. The van der Waals surface area contributed by atoms with E-state index in [0.29, 0.717) is 13.0 Å². The Bertz CT molecular complexity index is 521. The first-order chi connectivity index (χ1) is 9.06. The summed E-state index contributed by atoms with van der Waals surface area (Å²) in [4.78, 5) is 25.5. The van der Waals surface area contributed by atoms with Crippen LogP contribution < -0.4 is 5.32 Å². The summed E-state index contributed by atoms with van der Waals surface area (Å²) in [6.45, 7) is 0.475. The number of rotatable bonds is 2. The normalized spacial score (nSPS) is 18.5. The number of amides is 2. The van der Waals surface area contributed by atoms with Gasteiger partial charge in [-0.1, -0.05) is 6.07 Å². The fraction of sp³-hybridized carbons (Fsp3) is 0.385. The highest BCUT2D eigenvalue weighted by atomic mass is 79.9. The molecule has 102 valence electrons. The lowest BCUT2D eigenvalue weighted by Gasteiger charge is -2.23. The number of halogens is 2. The molecule has 6 heteroatoms. The number of likely N-dealkylation sites (tertiary alicyclic amines) is 1. The van der Waals surface area contributed by atoms with Crippen molar-refractivity contribution in [1.29, 1.82) is 0 Å². The molecule has 0 saturated carbocycles. The number of hydrogen-bond acceptors (Lipinski definition) is 2. The Morgan fingerprint density at radius 3 is 2.89 bits per heavy atom. The maximum Gasteiger partial charge on any atom is 0.257 e. The van der Waals surface area contributed by atoms with Crippen LogP contribution in [0.25, 0.3) is 0 Å². The molecule has 1 unspecified atom stereocenters. The fourth-order valence-corrected chi connectivity index (χ4v) is 2.64. The molecular weight excluding hydrogens is 315 g/mol. The number of carbonyl (C=O) groups is 2. The molecule has 4 nitrogen and oxygen atoms in total. The number of carbonyl (C=O) groups excluding carboxylic acids is 2. The zero-order chi connectivity index (χ0) is 14.0. The van der Waals surface area contributed by atoms with Crippen LogP contribution in [0.4, 0.5) is 4.39 Å². The smallest absolute Gasteiger partial charge is 0.257 e. The highest BCUT2D eigenvalue weighted by molar-refractivity contribution is 9.10. The molecule has 1 saturated heterocycles. The van der Waals surface area contributed by atoms with Crippen LogP contribution in [-0.4, -0.2) is 36.3 Å². The highest BCUT2D eigenvalue weighted by Crippen LogP contribution is 2.24. The van der Waals surface area contributed by atoms with Crippen LogP contribution in [0, 0.1) is 5.82 Å². The molecule has 0 aliphatic carbocycles. The van der Waals surface area contributed by atoms with Crippen molar-refractivity contribution in [2.45, 2.75) is 18.9 Å². The van der Waals surface area contributed by atoms with Gasteiger partial charge in [-0.3, -0.25) is 9.59 Å². The van der Waals surface area contributed by atoms with E-state index in [-0.39, 0.29) is 15.9 Å². The third-order valence-electron chi connectivity index (χ3n) is 3.24. The first-order valence-electron chi connectivity index (χ1n) is 6.03. The summed E-state index contributed by atoms with van der Waals surface area (Å²) >= 11 is 3.06. The second-order valence-corrected chi connectivity index (χ2v) is 5.23. The van der Waals surface area contributed by atoms with Crippen molar-refractivity contribution in [2.24, 2.45) is 0 Å². The van der Waals surface area contributed by atoms with Gasteiger partial charge in [-0.15, -0.1) is 0 Å². The Kier molecular flexibility index (Phi) is 4.19. The van der Waals surface area contributed by atoms with Crippen molar-refractivity contribution in [3.05, 3.63) is 34.1 Å². The molecule has 0 radical (unpaired) electrons. The SMILES string of the molecule is CNC(=O)C1CCCN1C(=O)c1cccc(Br)c1F. The van der Waals surface area contributed by atoms with Gasteiger partial charge in [0.2, 0.25) is 5.91 Å². The molecule has 1 aliphatic heterocycles. The van der Waals surface area contributed by atoms with E-state index in [9.17, 15) is 14.0 Å². The number of nitrogens with one attached hydrogen (secondary N) is 1.